The number of sulfonamides is 1. The van der Waals surface area contributed by atoms with Gasteiger partial charge in [0.25, 0.3) is 5.91 Å². The van der Waals surface area contributed by atoms with Crippen LogP contribution in [0.25, 0.3) is 0 Å². The normalized spacial score (nSPS) is 11.5. The Morgan fingerprint density at radius 3 is 2.30 bits per heavy atom. The second kappa shape index (κ2) is 8.64. The lowest BCUT2D eigenvalue weighted by Crippen LogP contribution is -2.30. The highest BCUT2D eigenvalue weighted by atomic mass is 35.5. The molecule has 0 aliphatic rings. The summed E-state index contributed by atoms with van der Waals surface area (Å²) in [4.78, 5) is 14.1. The van der Waals surface area contributed by atoms with Crippen molar-refractivity contribution in [1.82, 2.24) is 14.5 Å². The van der Waals surface area contributed by atoms with Crippen molar-refractivity contribution in [2.24, 2.45) is 0 Å². The molecule has 0 fully saturated rings. The minimum atomic E-state index is -3.75. The van der Waals surface area contributed by atoms with E-state index in [4.69, 9.17) is 11.6 Å². The highest BCUT2D eigenvalue weighted by Gasteiger charge is 2.25. The summed E-state index contributed by atoms with van der Waals surface area (Å²) in [5.74, 6) is 0.118. The molecule has 8 nitrogen and oxygen atoms in total. The molecule has 0 bridgehead atoms. The van der Waals surface area contributed by atoms with Gasteiger partial charge < -0.3 is 10.2 Å². The highest BCUT2D eigenvalue weighted by Crippen LogP contribution is 2.28. The summed E-state index contributed by atoms with van der Waals surface area (Å²) in [7, 11) is -0.124. The molecule has 1 N–H and O–H groups in total. The van der Waals surface area contributed by atoms with Crippen LogP contribution in [0.1, 0.15) is 24.3 Å². The maximum atomic E-state index is 12.7. The van der Waals surface area contributed by atoms with Crippen LogP contribution >= 0.6 is 11.6 Å². The number of anilines is 2. The molecule has 0 saturated carbocycles. The number of benzene rings is 1. The van der Waals surface area contributed by atoms with Crippen molar-refractivity contribution < 1.29 is 13.2 Å². The first-order chi connectivity index (χ1) is 12.7. The van der Waals surface area contributed by atoms with E-state index < -0.39 is 15.9 Å². The molecule has 2 aromatic rings. The van der Waals surface area contributed by atoms with Crippen molar-refractivity contribution in [2.75, 3.05) is 37.4 Å². The van der Waals surface area contributed by atoms with Crippen LogP contribution in [0.5, 0.6) is 0 Å². The van der Waals surface area contributed by atoms with Crippen LogP contribution in [0, 0.1) is 0 Å². The van der Waals surface area contributed by atoms with Crippen LogP contribution in [-0.4, -0.2) is 56.0 Å². The van der Waals surface area contributed by atoms with E-state index in [1.807, 2.05) is 14.1 Å². The van der Waals surface area contributed by atoms with E-state index in [0.29, 0.717) is 24.6 Å². The molecule has 0 saturated heterocycles. The Morgan fingerprint density at radius 2 is 1.78 bits per heavy atom. The summed E-state index contributed by atoms with van der Waals surface area (Å²) in [5.41, 5.74) is 0.414. The number of amides is 1. The van der Waals surface area contributed by atoms with E-state index in [1.165, 1.54) is 22.5 Å². The maximum absolute atomic E-state index is 12.7. The minimum Gasteiger partial charge on any atom is -0.361 e. The van der Waals surface area contributed by atoms with Crippen LogP contribution in [0.4, 0.5) is 11.5 Å². The molecule has 0 radical (unpaired) electrons. The fraction of sp³-hybridized carbons (Fsp3) is 0.353. The van der Waals surface area contributed by atoms with Gasteiger partial charge in [0, 0.05) is 32.9 Å². The second-order valence-electron chi connectivity index (χ2n) is 5.86. The van der Waals surface area contributed by atoms with Crippen molar-refractivity contribution in [3.63, 3.8) is 0 Å². The molecule has 27 heavy (non-hydrogen) atoms. The van der Waals surface area contributed by atoms with Gasteiger partial charge in [0.2, 0.25) is 10.0 Å². The van der Waals surface area contributed by atoms with Crippen LogP contribution < -0.4 is 10.2 Å². The number of hydrogen-bond acceptors (Lipinski definition) is 6. The van der Waals surface area contributed by atoms with Gasteiger partial charge in [-0.05, 0) is 30.3 Å². The Labute approximate surface area is 164 Å². The van der Waals surface area contributed by atoms with Crippen molar-refractivity contribution in [3.05, 3.63) is 41.0 Å². The van der Waals surface area contributed by atoms with Gasteiger partial charge in [-0.3, -0.25) is 4.79 Å². The van der Waals surface area contributed by atoms with E-state index in [1.54, 1.807) is 30.9 Å². The third-order valence-electron chi connectivity index (χ3n) is 3.85. The van der Waals surface area contributed by atoms with E-state index in [9.17, 15) is 13.2 Å². The molecule has 146 valence electrons. The molecule has 1 heterocycles. The van der Waals surface area contributed by atoms with Crippen LogP contribution in [0.2, 0.25) is 5.02 Å². The van der Waals surface area contributed by atoms with E-state index >= 15 is 0 Å². The molecule has 1 amide bonds. The van der Waals surface area contributed by atoms with Crippen molar-refractivity contribution in [1.29, 1.82) is 0 Å². The summed E-state index contributed by atoms with van der Waals surface area (Å²) >= 11 is 6.09. The molecule has 1 aromatic carbocycles. The van der Waals surface area contributed by atoms with Gasteiger partial charge >= 0.3 is 0 Å². The Morgan fingerprint density at radius 1 is 1.11 bits per heavy atom. The number of hydrogen-bond donors (Lipinski definition) is 1. The average Bonchev–Trinajstić information content (AvgIpc) is 2.64. The molecular weight excluding hydrogens is 390 g/mol. The highest BCUT2D eigenvalue weighted by molar-refractivity contribution is 7.89. The lowest BCUT2D eigenvalue weighted by molar-refractivity contribution is 0.102. The Balaban J connectivity index is 2.29. The third kappa shape index (κ3) is 4.74. The van der Waals surface area contributed by atoms with Crippen molar-refractivity contribution in [2.45, 2.75) is 18.7 Å². The molecule has 0 unspecified atom stereocenters. The zero-order valence-corrected chi connectivity index (χ0v) is 17.2. The Hall–Kier alpha value is -2.23. The lowest BCUT2D eigenvalue weighted by atomic mass is 10.3. The minimum absolute atomic E-state index is 0.0558. The largest absolute Gasteiger partial charge is 0.361 e. The van der Waals surface area contributed by atoms with E-state index in [0.717, 1.165) is 0 Å². The standard InChI is InChI=1S/C17H22ClN5O3S/c1-5-23(6-2)27(25,26)15-11-12(7-8-13(15)18)19-17(24)14-9-10-16(21-20-14)22(3)4/h7-11H,5-6H2,1-4H3,(H,19,24). The molecule has 0 atom stereocenters. The van der Waals surface area contributed by atoms with Gasteiger partial charge in [-0.2, -0.15) is 4.31 Å². The summed E-state index contributed by atoms with van der Waals surface area (Å²) < 4.78 is 26.7. The number of rotatable bonds is 7. The first kappa shape index (κ1) is 21.1. The fourth-order valence-corrected chi connectivity index (χ4v) is 4.32. The predicted molar refractivity (Wildman–Crippen MR) is 106 cm³/mol. The quantitative estimate of drug-likeness (QED) is 0.751. The van der Waals surface area contributed by atoms with Gasteiger partial charge in [-0.1, -0.05) is 25.4 Å². The molecule has 10 heteroatoms. The molecule has 2 rings (SSSR count). The first-order valence-corrected chi connectivity index (χ1v) is 10.1. The van der Waals surface area contributed by atoms with Crippen molar-refractivity contribution in [3.8, 4) is 0 Å². The summed E-state index contributed by atoms with van der Waals surface area (Å²) in [5, 5.41) is 10.5. The van der Waals surface area contributed by atoms with Gasteiger partial charge in [-0.25, -0.2) is 8.42 Å². The molecule has 0 aliphatic carbocycles. The number of halogens is 1. The van der Waals surface area contributed by atoms with Gasteiger partial charge in [0.1, 0.15) is 4.90 Å². The van der Waals surface area contributed by atoms with Crippen LogP contribution in [0.3, 0.4) is 0 Å². The van der Waals surface area contributed by atoms with Gasteiger partial charge in [-0.15, -0.1) is 10.2 Å². The maximum Gasteiger partial charge on any atom is 0.276 e. The SMILES string of the molecule is CCN(CC)S(=O)(=O)c1cc(NC(=O)c2ccc(N(C)C)nn2)ccc1Cl. The topological polar surface area (TPSA) is 95.5 Å². The summed E-state index contributed by atoms with van der Waals surface area (Å²) in [6, 6.07) is 7.52. The Bertz CT molecular complexity index is 913. The van der Waals surface area contributed by atoms with Crippen LogP contribution in [0.15, 0.2) is 35.2 Å². The lowest BCUT2D eigenvalue weighted by Gasteiger charge is -2.19. The predicted octanol–water partition coefficient (Wildman–Crippen LogP) is 2.48. The smallest absolute Gasteiger partial charge is 0.276 e. The number of nitrogens with one attached hydrogen (secondary N) is 1. The zero-order chi connectivity index (χ0) is 20.2. The van der Waals surface area contributed by atoms with Crippen molar-refractivity contribution >= 4 is 39.0 Å². The van der Waals surface area contributed by atoms with Crippen LogP contribution in [-0.2, 0) is 10.0 Å². The third-order valence-corrected chi connectivity index (χ3v) is 6.39. The van der Waals surface area contributed by atoms with E-state index in [2.05, 4.69) is 15.5 Å². The second-order valence-corrected chi connectivity index (χ2v) is 8.17. The number of carbonyl (C=O) groups is 1. The monoisotopic (exact) mass is 411 g/mol. The fourth-order valence-electron chi connectivity index (χ4n) is 2.36. The van der Waals surface area contributed by atoms with E-state index in [-0.39, 0.29) is 15.6 Å². The molecular formula is C17H22ClN5O3S. The molecule has 0 aliphatic heterocycles. The molecule has 0 spiro atoms. The van der Waals surface area contributed by atoms with Gasteiger partial charge in [0.05, 0.1) is 5.02 Å². The summed E-state index contributed by atoms with van der Waals surface area (Å²) in [6.07, 6.45) is 0. The number of nitrogens with zero attached hydrogens (tertiary/aromatic N) is 4. The number of aromatic nitrogens is 2. The zero-order valence-electron chi connectivity index (χ0n) is 15.6. The van der Waals surface area contributed by atoms with Gasteiger partial charge in [0.15, 0.2) is 11.5 Å². The first-order valence-electron chi connectivity index (χ1n) is 8.32. The average molecular weight is 412 g/mol. The summed E-state index contributed by atoms with van der Waals surface area (Å²) in [6.45, 7) is 4.13. The molecule has 1 aromatic heterocycles. The number of carbonyl (C=O) groups excluding carboxylic acids is 1. The Kier molecular flexibility index (Phi) is 6.74.